The normalized spacial score (nSPS) is 15.2. The smallest absolute Gasteiger partial charge is 0.242 e. The molecule has 6 heteroatoms. The van der Waals surface area contributed by atoms with Gasteiger partial charge in [0.25, 0.3) is 0 Å². The van der Waals surface area contributed by atoms with Crippen LogP contribution in [-0.2, 0) is 21.9 Å². The van der Waals surface area contributed by atoms with E-state index in [1.165, 1.54) is 12.0 Å². The first-order chi connectivity index (χ1) is 15.5. The molecule has 1 saturated carbocycles. The summed E-state index contributed by atoms with van der Waals surface area (Å²) in [5, 5.41) is 3.84. The number of halogens is 1. The van der Waals surface area contributed by atoms with E-state index in [4.69, 9.17) is 11.6 Å². The number of benzene rings is 2. The van der Waals surface area contributed by atoms with Gasteiger partial charge >= 0.3 is 0 Å². The second kappa shape index (κ2) is 12.9. The van der Waals surface area contributed by atoms with Gasteiger partial charge in [0.1, 0.15) is 6.04 Å². The number of nitrogens with zero attached hydrogens (tertiary/aromatic N) is 1. The van der Waals surface area contributed by atoms with Crippen molar-refractivity contribution >= 4 is 35.2 Å². The Morgan fingerprint density at radius 1 is 1.03 bits per heavy atom. The van der Waals surface area contributed by atoms with Crippen LogP contribution in [0.2, 0.25) is 5.02 Å². The highest BCUT2D eigenvalue weighted by atomic mass is 35.5. The highest BCUT2D eigenvalue weighted by Crippen LogP contribution is 2.20. The van der Waals surface area contributed by atoms with Gasteiger partial charge in [-0.15, -0.1) is 0 Å². The van der Waals surface area contributed by atoms with E-state index in [1.807, 2.05) is 49.4 Å². The van der Waals surface area contributed by atoms with Gasteiger partial charge in [0.15, 0.2) is 0 Å². The highest BCUT2D eigenvalue weighted by molar-refractivity contribution is 7.98. The zero-order valence-corrected chi connectivity index (χ0v) is 20.3. The maximum absolute atomic E-state index is 13.2. The number of rotatable bonds is 10. The molecular weight excluding hydrogens is 440 g/mol. The summed E-state index contributed by atoms with van der Waals surface area (Å²) >= 11 is 7.76. The van der Waals surface area contributed by atoms with Crippen molar-refractivity contribution in [1.29, 1.82) is 0 Å². The van der Waals surface area contributed by atoms with Crippen LogP contribution in [-0.4, -0.2) is 34.6 Å². The van der Waals surface area contributed by atoms with Crippen LogP contribution in [0.4, 0.5) is 0 Å². The van der Waals surface area contributed by atoms with Crippen molar-refractivity contribution in [1.82, 2.24) is 10.2 Å². The number of nitrogens with one attached hydrogen (secondary N) is 1. The molecule has 0 aliphatic heterocycles. The first-order valence-corrected chi connectivity index (χ1v) is 13.0. The molecule has 0 radical (unpaired) electrons. The van der Waals surface area contributed by atoms with Crippen LogP contribution in [0.5, 0.6) is 0 Å². The second-order valence-corrected chi connectivity index (χ2v) is 10.00. The molecule has 1 fully saturated rings. The lowest BCUT2D eigenvalue weighted by Gasteiger charge is -2.31. The third kappa shape index (κ3) is 7.86. The molecule has 0 unspecified atom stereocenters. The largest absolute Gasteiger partial charge is 0.352 e. The van der Waals surface area contributed by atoms with Crippen LogP contribution < -0.4 is 5.32 Å². The molecule has 1 aliphatic carbocycles. The predicted octanol–water partition coefficient (Wildman–Crippen LogP) is 5.83. The molecule has 0 saturated heterocycles. The fraction of sp³-hybridized carbons (Fsp3) is 0.462. The van der Waals surface area contributed by atoms with Gasteiger partial charge in [-0.1, -0.05) is 73.3 Å². The van der Waals surface area contributed by atoms with Crippen LogP contribution in [0.3, 0.4) is 0 Å². The average Bonchev–Trinajstić information content (AvgIpc) is 2.82. The van der Waals surface area contributed by atoms with E-state index < -0.39 is 6.04 Å². The Kier molecular flexibility index (Phi) is 9.94. The Morgan fingerprint density at radius 3 is 2.41 bits per heavy atom. The molecule has 0 heterocycles. The van der Waals surface area contributed by atoms with Crippen molar-refractivity contribution < 1.29 is 9.59 Å². The molecule has 3 rings (SSSR count). The van der Waals surface area contributed by atoms with E-state index in [0.717, 1.165) is 42.8 Å². The van der Waals surface area contributed by atoms with Crippen molar-refractivity contribution in [2.24, 2.45) is 0 Å². The van der Waals surface area contributed by atoms with Crippen molar-refractivity contribution in [2.75, 3.05) is 5.75 Å². The van der Waals surface area contributed by atoms with Crippen LogP contribution in [0.15, 0.2) is 54.6 Å². The van der Waals surface area contributed by atoms with Gasteiger partial charge in [-0.2, -0.15) is 11.8 Å². The highest BCUT2D eigenvalue weighted by Gasteiger charge is 2.27. The number of hydrogen-bond donors (Lipinski definition) is 1. The zero-order valence-electron chi connectivity index (χ0n) is 18.8. The standard InChI is InChI=1S/C26H33ClN2O2S/c1-20(26(31)28-24-10-6-3-7-11-24)29(18-21-12-14-23(27)15-13-21)25(30)16-17-32-19-22-8-4-2-5-9-22/h2,4-5,8-9,12-15,20,24H,3,6-7,10-11,16-19H2,1H3,(H,28,31)/t20-/m0/s1. The van der Waals surface area contributed by atoms with Crippen LogP contribution in [0.25, 0.3) is 0 Å². The maximum Gasteiger partial charge on any atom is 0.242 e. The monoisotopic (exact) mass is 472 g/mol. The summed E-state index contributed by atoms with van der Waals surface area (Å²) < 4.78 is 0. The predicted molar refractivity (Wildman–Crippen MR) is 134 cm³/mol. The van der Waals surface area contributed by atoms with Crippen LogP contribution in [0.1, 0.15) is 56.6 Å². The number of hydrogen-bond acceptors (Lipinski definition) is 3. The molecule has 1 N–H and O–H groups in total. The molecule has 0 bridgehead atoms. The summed E-state index contributed by atoms with van der Waals surface area (Å²) in [6.45, 7) is 2.24. The third-order valence-electron chi connectivity index (χ3n) is 5.96. The van der Waals surface area contributed by atoms with Gasteiger partial charge in [-0.3, -0.25) is 9.59 Å². The summed E-state index contributed by atoms with van der Waals surface area (Å²) in [6.07, 6.45) is 6.02. The molecule has 0 aromatic heterocycles. The van der Waals surface area contributed by atoms with E-state index in [2.05, 4.69) is 17.4 Å². The van der Waals surface area contributed by atoms with Gasteiger partial charge in [-0.25, -0.2) is 0 Å². The van der Waals surface area contributed by atoms with Crippen molar-refractivity contribution in [3.63, 3.8) is 0 Å². The summed E-state index contributed by atoms with van der Waals surface area (Å²) in [7, 11) is 0. The minimum absolute atomic E-state index is 0.00630. The van der Waals surface area contributed by atoms with Gasteiger partial charge in [-0.05, 0) is 43.0 Å². The Balaban J connectivity index is 1.59. The molecule has 2 amide bonds. The fourth-order valence-electron chi connectivity index (χ4n) is 4.01. The third-order valence-corrected chi connectivity index (χ3v) is 7.24. The Hall–Kier alpha value is -1.98. The SMILES string of the molecule is C[C@@H](C(=O)NC1CCCCC1)N(Cc1ccc(Cl)cc1)C(=O)CCSCc1ccccc1. The van der Waals surface area contributed by atoms with Gasteiger partial charge < -0.3 is 10.2 Å². The van der Waals surface area contributed by atoms with Gasteiger partial charge in [0.2, 0.25) is 11.8 Å². The van der Waals surface area contributed by atoms with E-state index in [1.54, 1.807) is 16.7 Å². The Bertz CT molecular complexity index is 854. The molecule has 2 aromatic rings. The van der Waals surface area contributed by atoms with Gasteiger partial charge in [0, 0.05) is 35.5 Å². The molecule has 2 aromatic carbocycles. The van der Waals surface area contributed by atoms with Crippen LogP contribution in [0, 0.1) is 0 Å². The molecule has 4 nitrogen and oxygen atoms in total. The quantitative estimate of drug-likeness (QED) is 0.442. The second-order valence-electron chi connectivity index (χ2n) is 8.46. The zero-order chi connectivity index (χ0) is 22.8. The minimum Gasteiger partial charge on any atom is -0.352 e. The summed E-state index contributed by atoms with van der Waals surface area (Å²) in [4.78, 5) is 27.9. The van der Waals surface area contributed by atoms with Crippen molar-refractivity contribution in [3.8, 4) is 0 Å². The van der Waals surface area contributed by atoms with E-state index >= 15 is 0 Å². The maximum atomic E-state index is 13.2. The number of thioether (sulfide) groups is 1. The fourth-order valence-corrected chi connectivity index (χ4v) is 5.02. The number of amides is 2. The lowest BCUT2D eigenvalue weighted by molar-refractivity contribution is -0.140. The molecule has 0 spiro atoms. The lowest BCUT2D eigenvalue weighted by atomic mass is 9.95. The molecule has 1 aliphatic rings. The Labute approximate surface area is 201 Å². The summed E-state index contributed by atoms with van der Waals surface area (Å²) in [5.41, 5.74) is 2.22. The average molecular weight is 473 g/mol. The van der Waals surface area contributed by atoms with E-state index in [0.29, 0.717) is 18.0 Å². The molecule has 32 heavy (non-hydrogen) atoms. The van der Waals surface area contributed by atoms with Gasteiger partial charge in [0.05, 0.1) is 0 Å². The first kappa shape index (κ1) is 24.7. The number of carbonyl (C=O) groups excluding carboxylic acids is 2. The summed E-state index contributed by atoms with van der Waals surface area (Å²) in [5.74, 6) is 1.55. The van der Waals surface area contributed by atoms with E-state index in [9.17, 15) is 9.59 Å². The van der Waals surface area contributed by atoms with Crippen molar-refractivity contribution in [3.05, 3.63) is 70.7 Å². The topological polar surface area (TPSA) is 49.4 Å². The molecular formula is C26H33ClN2O2S. The molecule has 172 valence electrons. The summed E-state index contributed by atoms with van der Waals surface area (Å²) in [6, 6.07) is 17.4. The molecule has 1 atom stereocenters. The van der Waals surface area contributed by atoms with Crippen LogP contribution >= 0.6 is 23.4 Å². The number of carbonyl (C=O) groups is 2. The minimum atomic E-state index is -0.515. The first-order valence-electron chi connectivity index (χ1n) is 11.5. The van der Waals surface area contributed by atoms with E-state index in [-0.39, 0.29) is 17.9 Å². The van der Waals surface area contributed by atoms with Crippen molar-refractivity contribution in [2.45, 2.75) is 69.8 Å². The Morgan fingerprint density at radius 2 is 1.72 bits per heavy atom. The lowest BCUT2D eigenvalue weighted by Crippen LogP contribution is -2.50.